The van der Waals surface area contributed by atoms with E-state index in [9.17, 15) is 9.18 Å². The Bertz CT molecular complexity index is 634. The van der Waals surface area contributed by atoms with Crippen molar-refractivity contribution in [3.05, 3.63) is 53.3 Å². The predicted octanol–water partition coefficient (Wildman–Crippen LogP) is 4.22. The van der Waals surface area contributed by atoms with Crippen LogP contribution in [0.25, 0.3) is 0 Å². The molecule has 0 saturated carbocycles. The molecule has 1 amide bonds. The minimum Gasteiger partial charge on any atom is -0.484 e. The standard InChI is InChI=1S/C15H13ClFNO2S/c1-21-12-5-3-11(4-6-12)20-9-15(19)18-14-7-2-10(17)8-13(14)16/h2-8H,9H2,1H3,(H,18,19). The molecule has 110 valence electrons. The minimum atomic E-state index is -0.455. The first-order valence-corrected chi connectivity index (χ1v) is 7.70. The number of hydrogen-bond donors (Lipinski definition) is 1. The van der Waals surface area contributed by atoms with Gasteiger partial charge in [-0.3, -0.25) is 4.79 Å². The molecule has 0 aromatic heterocycles. The summed E-state index contributed by atoms with van der Waals surface area (Å²) in [4.78, 5) is 12.9. The lowest BCUT2D eigenvalue weighted by Gasteiger charge is -2.09. The van der Waals surface area contributed by atoms with E-state index in [2.05, 4.69) is 5.32 Å². The normalized spacial score (nSPS) is 10.2. The van der Waals surface area contributed by atoms with Crippen LogP contribution < -0.4 is 10.1 Å². The smallest absolute Gasteiger partial charge is 0.262 e. The van der Waals surface area contributed by atoms with Gasteiger partial charge in [0.2, 0.25) is 0 Å². The molecule has 2 aromatic rings. The summed E-state index contributed by atoms with van der Waals surface area (Å²) in [6.07, 6.45) is 1.98. The lowest BCUT2D eigenvalue weighted by molar-refractivity contribution is -0.118. The fourth-order valence-corrected chi connectivity index (χ4v) is 2.22. The van der Waals surface area contributed by atoms with Crippen molar-refractivity contribution in [3.63, 3.8) is 0 Å². The zero-order valence-electron chi connectivity index (χ0n) is 11.2. The monoisotopic (exact) mass is 325 g/mol. The minimum absolute atomic E-state index is 0.146. The van der Waals surface area contributed by atoms with Crippen molar-refractivity contribution in [1.29, 1.82) is 0 Å². The Hall–Kier alpha value is -1.72. The first kappa shape index (κ1) is 15.7. The molecule has 3 nitrogen and oxygen atoms in total. The van der Waals surface area contributed by atoms with Crippen LogP contribution in [0.3, 0.4) is 0 Å². The Morgan fingerprint density at radius 2 is 2.00 bits per heavy atom. The highest BCUT2D eigenvalue weighted by molar-refractivity contribution is 7.98. The highest BCUT2D eigenvalue weighted by atomic mass is 35.5. The second kappa shape index (κ2) is 7.33. The van der Waals surface area contributed by atoms with Gasteiger partial charge in [0.15, 0.2) is 6.61 Å². The molecule has 6 heteroatoms. The zero-order chi connectivity index (χ0) is 15.2. The zero-order valence-corrected chi connectivity index (χ0v) is 12.8. The SMILES string of the molecule is CSc1ccc(OCC(=O)Nc2ccc(F)cc2Cl)cc1. The molecule has 0 heterocycles. The number of anilines is 1. The Kier molecular flexibility index (Phi) is 5.47. The van der Waals surface area contributed by atoms with Crippen molar-refractivity contribution in [1.82, 2.24) is 0 Å². The van der Waals surface area contributed by atoms with Gasteiger partial charge in [-0.2, -0.15) is 0 Å². The molecular weight excluding hydrogens is 313 g/mol. The van der Waals surface area contributed by atoms with E-state index in [1.165, 1.54) is 12.1 Å². The van der Waals surface area contributed by atoms with Crippen LogP contribution >= 0.6 is 23.4 Å². The summed E-state index contributed by atoms with van der Waals surface area (Å²) < 4.78 is 18.3. The summed E-state index contributed by atoms with van der Waals surface area (Å²) >= 11 is 7.45. The molecular formula is C15H13ClFNO2S. The van der Waals surface area contributed by atoms with E-state index in [0.717, 1.165) is 11.0 Å². The van der Waals surface area contributed by atoms with Gasteiger partial charge >= 0.3 is 0 Å². The van der Waals surface area contributed by atoms with Crippen LogP contribution in [0.1, 0.15) is 0 Å². The van der Waals surface area contributed by atoms with Crippen LogP contribution in [-0.4, -0.2) is 18.8 Å². The Morgan fingerprint density at radius 3 is 2.62 bits per heavy atom. The van der Waals surface area contributed by atoms with Gasteiger partial charge in [0.25, 0.3) is 5.91 Å². The average molecular weight is 326 g/mol. The number of halogens is 2. The summed E-state index contributed by atoms with van der Waals surface area (Å²) in [5.74, 6) is -0.214. The number of carbonyl (C=O) groups is 1. The van der Waals surface area contributed by atoms with Gasteiger partial charge in [0.1, 0.15) is 11.6 Å². The molecule has 21 heavy (non-hydrogen) atoms. The van der Waals surface area contributed by atoms with Crippen molar-refractivity contribution in [2.45, 2.75) is 4.90 Å². The van der Waals surface area contributed by atoms with E-state index in [4.69, 9.17) is 16.3 Å². The number of nitrogens with one attached hydrogen (secondary N) is 1. The Balaban J connectivity index is 1.89. The second-order valence-corrected chi connectivity index (χ2v) is 5.42. The van der Waals surface area contributed by atoms with Gasteiger partial charge in [0, 0.05) is 4.90 Å². The largest absolute Gasteiger partial charge is 0.484 e. The van der Waals surface area contributed by atoms with E-state index in [1.54, 1.807) is 23.9 Å². The van der Waals surface area contributed by atoms with E-state index in [-0.39, 0.29) is 17.5 Å². The first-order chi connectivity index (χ1) is 10.1. The maximum Gasteiger partial charge on any atom is 0.262 e. The number of thioether (sulfide) groups is 1. The number of ether oxygens (including phenoxy) is 1. The highest BCUT2D eigenvalue weighted by Gasteiger charge is 2.07. The third-order valence-corrected chi connectivity index (χ3v) is 3.69. The van der Waals surface area contributed by atoms with E-state index in [1.807, 2.05) is 18.4 Å². The molecule has 0 atom stereocenters. The number of carbonyl (C=O) groups excluding carboxylic acids is 1. The average Bonchev–Trinajstić information content (AvgIpc) is 2.48. The van der Waals surface area contributed by atoms with Crippen LogP contribution in [-0.2, 0) is 4.79 Å². The molecule has 2 aromatic carbocycles. The first-order valence-electron chi connectivity index (χ1n) is 6.10. The summed E-state index contributed by atoms with van der Waals surface area (Å²) in [5, 5.41) is 2.71. The molecule has 2 rings (SSSR count). The number of amides is 1. The highest BCUT2D eigenvalue weighted by Crippen LogP contribution is 2.22. The van der Waals surface area contributed by atoms with Gasteiger partial charge < -0.3 is 10.1 Å². The number of hydrogen-bond acceptors (Lipinski definition) is 3. The summed E-state index contributed by atoms with van der Waals surface area (Å²) in [6, 6.07) is 11.2. The molecule has 0 aliphatic rings. The fourth-order valence-electron chi connectivity index (χ4n) is 1.60. The molecule has 0 saturated heterocycles. The molecule has 0 fully saturated rings. The van der Waals surface area contributed by atoms with E-state index < -0.39 is 5.82 Å². The van der Waals surface area contributed by atoms with Gasteiger partial charge in [-0.25, -0.2) is 4.39 Å². The molecule has 0 spiro atoms. The molecule has 1 N–H and O–H groups in total. The Labute approximate surface area is 131 Å². The van der Waals surface area contributed by atoms with Crippen molar-refractivity contribution in [3.8, 4) is 5.75 Å². The van der Waals surface area contributed by atoms with Crippen molar-refractivity contribution in [2.24, 2.45) is 0 Å². The van der Waals surface area contributed by atoms with E-state index in [0.29, 0.717) is 11.4 Å². The Morgan fingerprint density at radius 1 is 1.29 bits per heavy atom. The topological polar surface area (TPSA) is 38.3 Å². The maximum atomic E-state index is 12.9. The second-order valence-electron chi connectivity index (χ2n) is 4.14. The van der Waals surface area contributed by atoms with Crippen LogP contribution in [0.15, 0.2) is 47.4 Å². The number of rotatable bonds is 5. The van der Waals surface area contributed by atoms with Gasteiger partial charge in [-0.05, 0) is 48.7 Å². The van der Waals surface area contributed by atoms with Crippen molar-refractivity contribution < 1.29 is 13.9 Å². The summed E-state index contributed by atoms with van der Waals surface area (Å²) in [6.45, 7) is -0.147. The van der Waals surface area contributed by atoms with E-state index >= 15 is 0 Å². The molecule has 0 radical (unpaired) electrons. The van der Waals surface area contributed by atoms with Gasteiger partial charge in [-0.1, -0.05) is 11.6 Å². The maximum absolute atomic E-state index is 12.9. The van der Waals surface area contributed by atoms with Crippen LogP contribution in [0, 0.1) is 5.82 Å². The number of benzene rings is 2. The van der Waals surface area contributed by atoms with Crippen LogP contribution in [0.4, 0.5) is 10.1 Å². The molecule has 0 aliphatic heterocycles. The summed E-state index contributed by atoms with van der Waals surface area (Å²) in [7, 11) is 0. The lowest BCUT2D eigenvalue weighted by Crippen LogP contribution is -2.20. The molecule has 0 bridgehead atoms. The van der Waals surface area contributed by atoms with Crippen molar-refractivity contribution >= 4 is 35.0 Å². The van der Waals surface area contributed by atoms with Gasteiger partial charge in [0.05, 0.1) is 10.7 Å². The summed E-state index contributed by atoms with van der Waals surface area (Å²) in [5.41, 5.74) is 0.351. The van der Waals surface area contributed by atoms with Gasteiger partial charge in [-0.15, -0.1) is 11.8 Å². The quantitative estimate of drug-likeness (QED) is 0.836. The van der Waals surface area contributed by atoms with Crippen molar-refractivity contribution in [2.75, 3.05) is 18.2 Å². The third kappa shape index (κ3) is 4.65. The van der Waals surface area contributed by atoms with Crippen LogP contribution in [0.2, 0.25) is 5.02 Å². The molecule has 0 aliphatic carbocycles. The fraction of sp³-hybridized carbons (Fsp3) is 0.133. The lowest BCUT2D eigenvalue weighted by atomic mass is 10.3. The van der Waals surface area contributed by atoms with Crippen LogP contribution in [0.5, 0.6) is 5.75 Å². The molecule has 0 unspecified atom stereocenters. The predicted molar refractivity (Wildman–Crippen MR) is 83.8 cm³/mol. The third-order valence-electron chi connectivity index (χ3n) is 2.63.